The summed E-state index contributed by atoms with van der Waals surface area (Å²) in [5.41, 5.74) is 2.14. The van der Waals surface area contributed by atoms with E-state index in [-0.39, 0.29) is 31.0 Å². The molecule has 8 nitrogen and oxygen atoms in total. The number of nitrogens with one attached hydrogen (secondary N) is 1. The summed E-state index contributed by atoms with van der Waals surface area (Å²) in [6, 6.07) is 3.22. The van der Waals surface area contributed by atoms with Gasteiger partial charge in [0.2, 0.25) is 5.91 Å². The van der Waals surface area contributed by atoms with Crippen LogP contribution in [0.25, 0.3) is 0 Å². The van der Waals surface area contributed by atoms with Gasteiger partial charge >= 0.3 is 5.97 Å². The van der Waals surface area contributed by atoms with Gasteiger partial charge in [0.1, 0.15) is 6.17 Å². The number of nitro benzene ring substituents is 1. The van der Waals surface area contributed by atoms with Crippen molar-refractivity contribution in [3.63, 3.8) is 0 Å². The fraction of sp³-hybridized carbons (Fsp3) is 0.529. The molecule has 2 rings (SSSR count). The topological polar surface area (TPSA) is 102 Å². The molecule has 1 N–H and O–H groups in total. The third-order valence-electron chi connectivity index (χ3n) is 4.29. The normalized spacial score (nSPS) is 16.8. The Morgan fingerprint density at radius 2 is 2.16 bits per heavy atom. The van der Waals surface area contributed by atoms with Gasteiger partial charge in [0.05, 0.1) is 11.5 Å². The summed E-state index contributed by atoms with van der Waals surface area (Å²) in [4.78, 5) is 36.3. The highest BCUT2D eigenvalue weighted by molar-refractivity contribution is 5.74. The highest BCUT2D eigenvalue weighted by Gasteiger charge is 2.32. The number of fused-ring (bicyclic) bond motifs is 1. The van der Waals surface area contributed by atoms with Gasteiger partial charge in [0.25, 0.3) is 5.69 Å². The Labute approximate surface area is 146 Å². The van der Waals surface area contributed by atoms with Crippen molar-refractivity contribution in [2.75, 3.05) is 20.2 Å². The zero-order chi connectivity index (χ0) is 18.6. The van der Waals surface area contributed by atoms with Gasteiger partial charge in [-0.15, -0.1) is 0 Å². The molecular weight excluding hydrogens is 326 g/mol. The summed E-state index contributed by atoms with van der Waals surface area (Å²) < 4.78 is 4.93. The number of likely N-dealkylation sites (N-methyl/N-ethyl adjacent to an activating group) is 1. The quantitative estimate of drug-likeness (QED) is 0.476. The number of rotatable bonds is 6. The average molecular weight is 349 g/mol. The fourth-order valence-corrected chi connectivity index (χ4v) is 3.18. The molecule has 8 heteroatoms. The highest BCUT2D eigenvalue weighted by atomic mass is 16.6. The number of carbonyl (C=O) groups is 2. The molecule has 1 aliphatic rings. The van der Waals surface area contributed by atoms with Crippen molar-refractivity contribution in [2.24, 2.45) is 0 Å². The second-order valence-electron chi connectivity index (χ2n) is 6.03. The average Bonchev–Trinajstić information content (AvgIpc) is 2.54. The molecule has 0 spiro atoms. The highest BCUT2D eigenvalue weighted by Crippen LogP contribution is 2.35. The van der Waals surface area contributed by atoms with Crippen LogP contribution in [0.4, 0.5) is 5.69 Å². The van der Waals surface area contributed by atoms with Crippen molar-refractivity contribution in [3.05, 3.63) is 38.9 Å². The van der Waals surface area contributed by atoms with Crippen LogP contribution in [0.3, 0.4) is 0 Å². The number of nitrogens with zero attached hydrogens (tertiary/aromatic N) is 2. The van der Waals surface area contributed by atoms with Crippen molar-refractivity contribution in [3.8, 4) is 0 Å². The summed E-state index contributed by atoms with van der Waals surface area (Å²) in [6.45, 7) is 4.13. The Morgan fingerprint density at radius 3 is 2.76 bits per heavy atom. The molecular formula is C17H23N3O5. The van der Waals surface area contributed by atoms with Gasteiger partial charge in [-0.2, -0.15) is 0 Å². The van der Waals surface area contributed by atoms with Crippen LogP contribution in [0.2, 0.25) is 0 Å². The molecule has 0 aliphatic carbocycles. The lowest BCUT2D eigenvalue weighted by molar-refractivity contribution is -0.385. The lowest BCUT2D eigenvalue weighted by Gasteiger charge is -2.36. The number of esters is 1. The molecule has 0 aromatic heterocycles. The van der Waals surface area contributed by atoms with Crippen LogP contribution in [0.1, 0.15) is 43.1 Å². The lowest BCUT2D eigenvalue weighted by Crippen LogP contribution is -2.43. The largest absolute Gasteiger partial charge is 0.466 e. The number of nitro groups is 1. The van der Waals surface area contributed by atoms with Crippen molar-refractivity contribution in [1.29, 1.82) is 0 Å². The maximum atomic E-state index is 11.7. The van der Waals surface area contributed by atoms with Crippen LogP contribution in [0.5, 0.6) is 0 Å². The van der Waals surface area contributed by atoms with Crippen LogP contribution in [0, 0.1) is 10.1 Å². The van der Waals surface area contributed by atoms with E-state index in [0.717, 1.165) is 24.1 Å². The second-order valence-corrected chi connectivity index (χ2v) is 6.03. The minimum absolute atomic E-state index is 0.0336. The number of carbonyl (C=O) groups excluding carboxylic acids is 2. The van der Waals surface area contributed by atoms with Gasteiger partial charge in [-0.05, 0) is 32.4 Å². The first-order valence-corrected chi connectivity index (χ1v) is 8.27. The van der Waals surface area contributed by atoms with Crippen molar-refractivity contribution < 1.29 is 19.2 Å². The molecule has 136 valence electrons. The van der Waals surface area contributed by atoms with Crippen LogP contribution >= 0.6 is 0 Å². The van der Waals surface area contributed by atoms with Crippen molar-refractivity contribution in [2.45, 2.75) is 39.3 Å². The third kappa shape index (κ3) is 4.33. The first kappa shape index (κ1) is 18.9. The number of hydrogen-bond acceptors (Lipinski definition) is 6. The zero-order valence-electron chi connectivity index (χ0n) is 14.7. The molecule has 25 heavy (non-hydrogen) atoms. The maximum Gasteiger partial charge on any atom is 0.306 e. The van der Waals surface area contributed by atoms with E-state index in [9.17, 15) is 19.7 Å². The first-order valence-electron chi connectivity index (χ1n) is 8.27. The standard InChI is InChI=1S/C17H23N3O5/c1-4-25-15(22)8-6-13-14(20(23)24)7-5-12-9-10-19(3)17(16(12)13)18-11(2)21/h5,7,17H,4,6,8-10H2,1-3H3,(H,18,21)/t17-/m0/s1. The third-order valence-corrected chi connectivity index (χ3v) is 4.29. The first-order chi connectivity index (χ1) is 11.8. The molecule has 1 aromatic carbocycles. The summed E-state index contributed by atoms with van der Waals surface area (Å²) in [6.07, 6.45) is 0.536. The monoisotopic (exact) mass is 349 g/mol. The van der Waals surface area contributed by atoms with E-state index in [4.69, 9.17) is 4.74 Å². The van der Waals surface area contributed by atoms with Crippen LogP contribution in [-0.4, -0.2) is 41.9 Å². The Bertz CT molecular complexity index is 689. The molecule has 0 radical (unpaired) electrons. The van der Waals surface area contributed by atoms with E-state index in [0.29, 0.717) is 5.56 Å². The molecule has 0 saturated carbocycles. The van der Waals surface area contributed by atoms with E-state index in [1.54, 1.807) is 13.0 Å². The number of hydrogen-bond donors (Lipinski definition) is 1. The molecule has 1 heterocycles. The minimum Gasteiger partial charge on any atom is -0.466 e. The molecule has 1 aliphatic heterocycles. The molecule has 0 fully saturated rings. The summed E-state index contributed by atoms with van der Waals surface area (Å²) in [7, 11) is 1.86. The Morgan fingerprint density at radius 1 is 1.44 bits per heavy atom. The van der Waals surface area contributed by atoms with Crippen molar-refractivity contribution >= 4 is 17.6 Å². The second kappa shape index (κ2) is 8.06. The zero-order valence-corrected chi connectivity index (χ0v) is 14.7. The van der Waals surface area contributed by atoms with Crippen LogP contribution in [0.15, 0.2) is 12.1 Å². The molecule has 1 amide bonds. The van der Waals surface area contributed by atoms with Crippen molar-refractivity contribution in [1.82, 2.24) is 10.2 Å². The number of ether oxygens (including phenoxy) is 1. The van der Waals surface area contributed by atoms with E-state index in [1.807, 2.05) is 11.9 Å². The summed E-state index contributed by atoms with van der Waals surface area (Å²) in [5, 5.41) is 14.3. The molecule has 1 atom stereocenters. The molecule has 0 saturated heterocycles. The van der Waals surface area contributed by atoms with Gasteiger partial charge in [0.15, 0.2) is 0 Å². The summed E-state index contributed by atoms with van der Waals surface area (Å²) in [5.74, 6) is -0.609. The molecule has 0 unspecified atom stereocenters. The lowest BCUT2D eigenvalue weighted by atomic mass is 9.89. The fourth-order valence-electron chi connectivity index (χ4n) is 3.18. The van der Waals surface area contributed by atoms with Gasteiger partial charge < -0.3 is 10.1 Å². The smallest absolute Gasteiger partial charge is 0.306 e. The predicted octanol–water partition coefficient (Wildman–Crippen LogP) is 1.71. The Balaban J connectivity index is 2.48. The maximum absolute atomic E-state index is 11.7. The van der Waals surface area contributed by atoms with E-state index in [1.165, 1.54) is 13.0 Å². The van der Waals surface area contributed by atoms with Gasteiger partial charge in [-0.1, -0.05) is 6.07 Å². The minimum atomic E-state index is -0.446. The van der Waals surface area contributed by atoms with Crippen LogP contribution in [-0.2, 0) is 27.2 Å². The van der Waals surface area contributed by atoms with Gasteiger partial charge in [-0.3, -0.25) is 24.6 Å². The van der Waals surface area contributed by atoms with E-state index < -0.39 is 17.1 Å². The number of amides is 1. The van der Waals surface area contributed by atoms with Crippen LogP contribution < -0.4 is 5.32 Å². The SMILES string of the molecule is CCOC(=O)CCc1c([N+](=O)[O-])ccc2c1[C@@H](NC(C)=O)N(C)CC2. The predicted molar refractivity (Wildman–Crippen MR) is 90.9 cm³/mol. The van der Waals surface area contributed by atoms with Gasteiger partial charge in [-0.25, -0.2) is 0 Å². The van der Waals surface area contributed by atoms with E-state index in [2.05, 4.69) is 5.32 Å². The number of benzene rings is 1. The van der Waals surface area contributed by atoms with Gasteiger partial charge in [0, 0.05) is 37.1 Å². The Hall–Kier alpha value is -2.48. The molecule has 1 aromatic rings. The van der Waals surface area contributed by atoms with E-state index >= 15 is 0 Å². The molecule has 0 bridgehead atoms. The Kier molecular flexibility index (Phi) is 6.08. The summed E-state index contributed by atoms with van der Waals surface area (Å²) >= 11 is 0.